The molecule has 0 spiro atoms. The Bertz CT molecular complexity index is 878. The lowest BCUT2D eigenvalue weighted by molar-refractivity contribution is 0.0993. The minimum Gasteiger partial charge on any atom is -0.364 e. The number of amides is 1. The molecule has 0 unspecified atom stereocenters. The van der Waals surface area contributed by atoms with Crippen molar-refractivity contribution in [1.29, 1.82) is 0 Å². The van der Waals surface area contributed by atoms with Crippen LogP contribution in [0, 0.1) is 0 Å². The van der Waals surface area contributed by atoms with Gasteiger partial charge < -0.3 is 10.3 Å². The molecule has 1 aliphatic carbocycles. The molecule has 1 fully saturated rings. The number of rotatable bonds is 4. The van der Waals surface area contributed by atoms with E-state index in [1.165, 1.54) is 23.9 Å². The Balaban J connectivity index is 1.69. The summed E-state index contributed by atoms with van der Waals surface area (Å²) in [6.45, 7) is 0. The average Bonchev–Trinajstić information content (AvgIpc) is 3.30. The Morgan fingerprint density at radius 3 is 2.64 bits per heavy atom. The summed E-state index contributed by atoms with van der Waals surface area (Å²) in [5.41, 5.74) is 6.97. The Morgan fingerprint density at radius 1 is 1.16 bits per heavy atom. The number of hydrogen-bond acceptors (Lipinski definition) is 5. The number of nitrogens with two attached hydrogens (primary N) is 1. The summed E-state index contributed by atoms with van der Waals surface area (Å²) in [7, 11) is 0. The van der Waals surface area contributed by atoms with Crippen molar-refractivity contribution in [2.24, 2.45) is 5.73 Å². The highest BCUT2D eigenvalue weighted by molar-refractivity contribution is 5.92. The minimum absolute atomic E-state index is 0.276. The number of benzene rings is 1. The molecule has 0 aliphatic heterocycles. The Hall–Kier alpha value is -2.96. The minimum atomic E-state index is -0.561. The van der Waals surface area contributed by atoms with E-state index in [0.717, 1.165) is 24.4 Å². The first-order valence-corrected chi connectivity index (χ1v) is 8.51. The van der Waals surface area contributed by atoms with Gasteiger partial charge in [0, 0.05) is 12.0 Å². The van der Waals surface area contributed by atoms with Crippen molar-refractivity contribution in [3.63, 3.8) is 0 Å². The van der Waals surface area contributed by atoms with Gasteiger partial charge >= 0.3 is 0 Å². The molecule has 2 heterocycles. The van der Waals surface area contributed by atoms with Crippen LogP contribution in [0.4, 0.5) is 0 Å². The second kappa shape index (κ2) is 6.51. The normalized spacial score (nSPS) is 15.4. The van der Waals surface area contributed by atoms with E-state index < -0.39 is 5.91 Å². The third-order valence-electron chi connectivity index (χ3n) is 4.59. The first kappa shape index (κ1) is 15.6. The zero-order valence-electron chi connectivity index (χ0n) is 13.8. The maximum absolute atomic E-state index is 11.8. The number of para-hydroxylation sites is 1. The van der Waals surface area contributed by atoms with Gasteiger partial charge in [-0.1, -0.05) is 42.6 Å². The van der Waals surface area contributed by atoms with Crippen LogP contribution >= 0.6 is 0 Å². The Kier molecular flexibility index (Phi) is 4.05. The van der Waals surface area contributed by atoms with Crippen molar-refractivity contribution in [3.05, 3.63) is 47.9 Å². The van der Waals surface area contributed by atoms with E-state index in [1.54, 1.807) is 6.07 Å². The number of carbonyl (C=O) groups excluding carboxylic acids is 1. The number of hydrogen-bond donors (Lipinski definition) is 1. The maximum Gasteiger partial charge on any atom is 0.278 e. The second-order valence-electron chi connectivity index (χ2n) is 6.32. The van der Waals surface area contributed by atoms with Crippen LogP contribution in [-0.4, -0.2) is 25.8 Å². The van der Waals surface area contributed by atoms with Gasteiger partial charge in [-0.25, -0.2) is 4.68 Å². The fraction of sp³-hybridized carbons (Fsp3) is 0.333. The largest absolute Gasteiger partial charge is 0.364 e. The van der Waals surface area contributed by atoms with Gasteiger partial charge in [-0.15, -0.1) is 0 Å². The second-order valence-corrected chi connectivity index (χ2v) is 6.32. The van der Waals surface area contributed by atoms with Crippen LogP contribution < -0.4 is 5.73 Å². The van der Waals surface area contributed by atoms with Crippen molar-refractivity contribution in [3.8, 4) is 17.3 Å². The van der Waals surface area contributed by atoms with Gasteiger partial charge in [0.2, 0.25) is 0 Å². The van der Waals surface area contributed by atoms with Crippen LogP contribution in [0.3, 0.4) is 0 Å². The first-order valence-electron chi connectivity index (χ1n) is 8.51. The fourth-order valence-electron chi connectivity index (χ4n) is 3.29. The molecule has 7 heteroatoms. The van der Waals surface area contributed by atoms with Gasteiger partial charge in [0.05, 0.1) is 5.69 Å². The summed E-state index contributed by atoms with van der Waals surface area (Å²) in [5, 5.41) is 8.57. The molecular weight excluding hydrogens is 318 g/mol. The summed E-state index contributed by atoms with van der Waals surface area (Å²) in [4.78, 5) is 16.3. The fourth-order valence-corrected chi connectivity index (χ4v) is 3.29. The first-order chi connectivity index (χ1) is 12.2. The molecule has 2 N–H and O–H groups in total. The van der Waals surface area contributed by atoms with E-state index in [1.807, 2.05) is 30.3 Å². The highest BCUT2D eigenvalue weighted by atomic mass is 16.5. The molecule has 3 aromatic rings. The third-order valence-corrected chi connectivity index (χ3v) is 4.59. The van der Waals surface area contributed by atoms with E-state index in [0.29, 0.717) is 17.5 Å². The van der Waals surface area contributed by atoms with Crippen LogP contribution in [0.1, 0.15) is 54.3 Å². The van der Waals surface area contributed by atoms with Gasteiger partial charge in [-0.3, -0.25) is 4.79 Å². The number of nitrogens with zero attached hydrogens (tertiary/aromatic N) is 4. The molecule has 4 rings (SSSR count). The molecule has 0 saturated heterocycles. The van der Waals surface area contributed by atoms with E-state index in [-0.39, 0.29) is 5.69 Å². The van der Waals surface area contributed by atoms with E-state index in [2.05, 4.69) is 15.2 Å². The van der Waals surface area contributed by atoms with Crippen LogP contribution in [0.15, 0.2) is 40.9 Å². The zero-order chi connectivity index (χ0) is 17.2. The summed E-state index contributed by atoms with van der Waals surface area (Å²) >= 11 is 0. The lowest BCUT2D eigenvalue weighted by Crippen LogP contribution is -2.16. The number of primary amides is 1. The number of carbonyl (C=O) groups is 1. The molecule has 1 aromatic carbocycles. The molecule has 1 saturated carbocycles. The van der Waals surface area contributed by atoms with Gasteiger partial charge in [0.15, 0.2) is 11.5 Å². The summed E-state index contributed by atoms with van der Waals surface area (Å²) < 4.78 is 6.90. The third kappa shape index (κ3) is 3.05. The van der Waals surface area contributed by atoms with Crippen molar-refractivity contribution < 1.29 is 9.32 Å². The molecule has 0 atom stereocenters. The number of aromatic nitrogens is 4. The van der Waals surface area contributed by atoms with Crippen LogP contribution in [-0.2, 0) is 0 Å². The van der Waals surface area contributed by atoms with Crippen LogP contribution in [0.25, 0.3) is 17.3 Å². The van der Waals surface area contributed by atoms with Gasteiger partial charge in [-0.05, 0) is 25.0 Å². The monoisotopic (exact) mass is 337 g/mol. The molecule has 1 aliphatic rings. The predicted molar refractivity (Wildman–Crippen MR) is 91.2 cm³/mol. The van der Waals surface area contributed by atoms with Crippen LogP contribution in [0.5, 0.6) is 0 Å². The average molecular weight is 337 g/mol. The highest BCUT2D eigenvalue weighted by Gasteiger charge is 2.23. The van der Waals surface area contributed by atoms with Gasteiger partial charge in [0.1, 0.15) is 5.69 Å². The lowest BCUT2D eigenvalue weighted by atomic mass is 9.89. The van der Waals surface area contributed by atoms with E-state index in [9.17, 15) is 4.79 Å². The maximum atomic E-state index is 11.8. The molecule has 25 heavy (non-hydrogen) atoms. The highest BCUT2D eigenvalue weighted by Crippen LogP contribution is 2.32. The van der Waals surface area contributed by atoms with Crippen molar-refractivity contribution >= 4 is 5.91 Å². The van der Waals surface area contributed by atoms with Crippen molar-refractivity contribution in [1.82, 2.24) is 19.9 Å². The smallest absolute Gasteiger partial charge is 0.278 e. The quantitative estimate of drug-likeness (QED) is 0.788. The van der Waals surface area contributed by atoms with Gasteiger partial charge in [0.25, 0.3) is 11.8 Å². The van der Waals surface area contributed by atoms with E-state index >= 15 is 0 Å². The van der Waals surface area contributed by atoms with Crippen molar-refractivity contribution in [2.45, 2.75) is 38.0 Å². The molecule has 128 valence electrons. The molecule has 7 nitrogen and oxygen atoms in total. The molecule has 1 amide bonds. The molecule has 0 radical (unpaired) electrons. The van der Waals surface area contributed by atoms with Crippen LogP contribution in [0.2, 0.25) is 0 Å². The van der Waals surface area contributed by atoms with Crippen molar-refractivity contribution in [2.75, 3.05) is 0 Å². The Morgan fingerprint density at radius 2 is 1.92 bits per heavy atom. The topological polar surface area (TPSA) is 99.8 Å². The lowest BCUT2D eigenvalue weighted by Gasteiger charge is -2.17. The summed E-state index contributed by atoms with van der Waals surface area (Å²) in [6.07, 6.45) is 5.84. The molecule has 0 bridgehead atoms. The summed E-state index contributed by atoms with van der Waals surface area (Å²) in [6, 6.07) is 10.9. The zero-order valence-corrected chi connectivity index (χ0v) is 13.8. The Labute approximate surface area is 144 Å². The molecule has 2 aromatic heterocycles. The molecular formula is C18H19N5O2. The summed E-state index contributed by atoms with van der Waals surface area (Å²) in [5.74, 6) is 0.829. The van der Waals surface area contributed by atoms with E-state index in [4.69, 9.17) is 10.3 Å². The SMILES string of the molecule is NC(=O)c1cc(-c2nc(C3CCCCC3)no2)nn1-c1ccccc1. The standard InChI is InChI=1S/C18H19N5O2/c19-16(24)15-11-14(21-23(15)13-9-5-2-6-10-13)18-20-17(22-25-18)12-7-3-1-4-8-12/h2,5-6,9-12H,1,3-4,7-8H2,(H2,19,24). The predicted octanol–water partition coefficient (Wildman–Crippen LogP) is 3.07. The van der Waals surface area contributed by atoms with Gasteiger partial charge in [-0.2, -0.15) is 10.1 Å².